The Morgan fingerprint density at radius 3 is 2.48 bits per heavy atom. The molecule has 1 saturated heterocycles. The van der Waals surface area contributed by atoms with Crippen molar-refractivity contribution in [1.29, 1.82) is 0 Å². The zero-order chi connectivity index (χ0) is 15.5. The number of nitrogens with one attached hydrogen (secondary N) is 2. The van der Waals surface area contributed by atoms with Crippen molar-refractivity contribution in [1.82, 2.24) is 20.7 Å². The van der Waals surface area contributed by atoms with Crippen molar-refractivity contribution < 1.29 is 14.7 Å². The van der Waals surface area contributed by atoms with Gasteiger partial charge in [-0.2, -0.15) is 0 Å². The summed E-state index contributed by atoms with van der Waals surface area (Å²) in [5.41, 5.74) is 1.66. The number of aliphatic carboxylic acids is 1. The first-order valence-corrected chi connectivity index (χ1v) is 7.67. The topological polar surface area (TPSA) is 84.9 Å². The molecule has 2 atom stereocenters. The van der Waals surface area contributed by atoms with Gasteiger partial charge in [-0.1, -0.05) is 19.8 Å². The highest BCUT2D eigenvalue weighted by Gasteiger charge is 2.43. The molecule has 0 aromatic rings. The van der Waals surface area contributed by atoms with Gasteiger partial charge in [-0.25, -0.2) is 14.6 Å². The van der Waals surface area contributed by atoms with Crippen LogP contribution in [0, 0.1) is 5.92 Å². The number of urea groups is 1. The zero-order valence-corrected chi connectivity index (χ0v) is 12.9. The molecule has 21 heavy (non-hydrogen) atoms. The second-order valence-electron chi connectivity index (χ2n) is 6.45. The van der Waals surface area contributed by atoms with E-state index in [9.17, 15) is 14.7 Å². The zero-order valence-electron chi connectivity index (χ0n) is 12.9. The summed E-state index contributed by atoms with van der Waals surface area (Å²) in [6.45, 7) is 5.32. The van der Waals surface area contributed by atoms with Crippen molar-refractivity contribution in [2.24, 2.45) is 5.92 Å². The molecule has 2 amide bonds. The molecule has 0 spiro atoms. The maximum atomic E-state index is 12.1. The minimum absolute atomic E-state index is 0.318. The van der Waals surface area contributed by atoms with Gasteiger partial charge in [-0.05, 0) is 25.8 Å². The van der Waals surface area contributed by atoms with Gasteiger partial charge >= 0.3 is 12.0 Å². The summed E-state index contributed by atoms with van der Waals surface area (Å²) < 4.78 is 0. The lowest BCUT2D eigenvalue weighted by Gasteiger charge is -2.38. The van der Waals surface area contributed by atoms with Gasteiger partial charge in [0.15, 0.2) is 0 Å². The van der Waals surface area contributed by atoms with Gasteiger partial charge in [0.25, 0.3) is 0 Å². The highest BCUT2D eigenvalue weighted by atomic mass is 16.4. The standard InChI is InChI=1S/C14H26N4O3/c1-11-4-3-5-14(10-11,12(19)20)15-13(21)16-18-8-6-17(2)7-9-18/h11H,3-10H2,1-2H3,(H,19,20)(H2,15,16,21). The molecule has 120 valence electrons. The van der Waals surface area contributed by atoms with E-state index in [1.165, 1.54) is 0 Å². The number of carbonyl (C=O) groups is 2. The molecule has 2 fully saturated rings. The molecule has 1 saturated carbocycles. The van der Waals surface area contributed by atoms with Crippen LogP contribution in [0.2, 0.25) is 0 Å². The van der Waals surface area contributed by atoms with E-state index in [1.54, 1.807) is 0 Å². The van der Waals surface area contributed by atoms with Crippen LogP contribution in [0.3, 0.4) is 0 Å². The molecular formula is C14H26N4O3. The van der Waals surface area contributed by atoms with Crippen LogP contribution in [0.1, 0.15) is 32.6 Å². The third kappa shape index (κ3) is 4.07. The minimum Gasteiger partial charge on any atom is -0.480 e. The second-order valence-corrected chi connectivity index (χ2v) is 6.45. The Morgan fingerprint density at radius 1 is 1.24 bits per heavy atom. The first-order chi connectivity index (χ1) is 9.91. The van der Waals surface area contributed by atoms with Crippen LogP contribution >= 0.6 is 0 Å². The highest BCUT2D eigenvalue weighted by molar-refractivity contribution is 5.86. The number of hydrazine groups is 1. The van der Waals surface area contributed by atoms with E-state index in [-0.39, 0.29) is 0 Å². The summed E-state index contributed by atoms with van der Waals surface area (Å²) in [6, 6.07) is -0.406. The predicted molar refractivity (Wildman–Crippen MR) is 78.7 cm³/mol. The van der Waals surface area contributed by atoms with E-state index in [0.29, 0.717) is 18.8 Å². The molecule has 7 nitrogen and oxygen atoms in total. The number of rotatable bonds is 3. The van der Waals surface area contributed by atoms with Gasteiger partial charge < -0.3 is 15.3 Å². The SMILES string of the molecule is CC1CCCC(NC(=O)NN2CCN(C)CC2)(C(=O)O)C1. The normalized spacial score (nSPS) is 31.6. The van der Waals surface area contributed by atoms with Crippen LogP contribution in [0.5, 0.6) is 0 Å². The summed E-state index contributed by atoms with van der Waals surface area (Å²) in [5.74, 6) is -0.610. The van der Waals surface area contributed by atoms with E-state index in [1.807, 2.05) is 19.0 Å². The number of likely N-dealkylation sites (N-methyl/N-ethyl adjacent to an activating group) is 1. The fourth-order valence-electron chi connectivity index (χ4n) is 3.22. The number of piperazine rings is 1. The smallest absolute Gasteiger partial charge is 0.330 e. The molecule has 0 bridgehead atoms. The summed E-state index contributed by atoms with van der Waals surface area (Å²) >= 11 is 0. The first kappa shape index (κ1) is 16.0. The summed E-state index contributed by atoms with van der Waals surface area (Å²) in [7, 11) is 2.04. The molecular weight excluding hydrogens is 272 g/mol. The van der Waals surface area contributed by atoms with E-state index in [0.717, 1.165) is 39.0 Å². The molecule has 3 N–H and O–H groups in total. The van der Waals surface area contributed by atoms with Crippen LogP contribution < -0.4 is 10.7 Å². The summed E-state index contributed by atoms with van der Waals surface area (Å²) in [5, 5.41) is 14.1. The van der Waals surface area contributed by atoms with Crippen molar-refractivity contribution in [3.63, 3.8) is 0 Å². The van der Waals surface area contributed by atoms with Crippen molar-refractivity contribution in [3.8, 4) is 0 Å². The largest absolute Gasteiger partial charge is 0.480 e. The lowest BCUT2D eigenvalue weighted by Crippen LogP contribution is -2.62. The Morgan fingerprint density at radius 2 is 1.90 bits per heavy atom. The molecule has 0 aromatic carbocycles. The van der Waals surface area contributed by atoms with Crippen molar-refractivity contribution in [3.05, 3.63) is 0 Å². The fourth-order valence-corrected chi connectivity index (χ4v) is 3.22. The minimum atomic E-state index is -1.12. The maximum Gasteiger partial charge on any atom is 0.330 e. The number of carboxylic acid groups (broad SMARTS) is 1. The lowest BCUT2D eigenvalue weighted by atomic mass is 9.76. The Balaban J connectivity index is 1.91. The molecule has 7 heteroatoms. The quantitative estimate of drug-likeness (QED) is 0.706. The van der Waals surface area contributed by atoms with Gasteiger partial charge in [0.2, 0.25) is 0 Å². The average Bonchev–Trinajstić information content (AvgIpc) is 2.41. The number of nitrogens with zero attached hydrogens (tertiary/aromatic N) is 2. The summed E-state index contributed by atoms with van der Waals surface area (Å²) in [4.78, 5) is 26.0. The molecule has 0 radical (unpaired) electrons. The molecule has 2 unspecified atom stereocenters. The van der Waals surface area contributed by atoms with E-state index in [2.05, 4.69) is 15.6 Å². The van der Waals surface area contributed by atoms with Crippen LogP contribution in [-0.2, 0) is 4.79 Å². The van der Waals surface area contributed by atoms with Gasteiger partial charge in [-0.3, -0.25) is 5.43 Å². The fraction of sp³-hybridized carbons (Fsp3) is 0.857. The molecule has 2 rings (SSSR count). The van der Waals surface area contributed by atoms with Gasteiger partial charge in [0.05, 0.1) is 0 Å². The predicted octanol–water partition coefficient (Wildman–Crippen LogP) is 0.482. The lowest BCUT2D eigenvalue weighted by molar-refractivity contribution is -0.146. The van der Waals surface area contributed by atoms with Crippen LogP contribution in [-0.4, -0.2) is 65.8 Å². The molecule has 1 aliphatic heterocycles. The van der Waals surface area contributed by atoms with E-state index < -0.39 is 17.5 Å². The monoisotopic (exact) mass is 298 g/mol. The third-order valence-electron chi connectivity index (χ3n) is 4.52. The van der Waals surface area contributed by atoms with Crippen molar-refractivity contribution in [2.75, 3.05) is 33.2 Å². The van der Waals surface area contributed by atoms with Gasteiger partial charge in [-0.15, -0.1) is 0 Å². The molecule has 1 aliphatic carbocycles. The number of carboxylic acids is 1. The average molecular weight is 298 g/mol. The van der Waals surface area contributed by atoms with Gasteiger partial charge in [0, 0.05) is 26.2 Å². The first-order valence-electron chi connectivity index (χ1n) is 7.67. The van der Waals surface area contributed by atoms with Crippen LogP contribution in [0.4, 0.5) is 4.79 Å². The number of hydrogen-bond acceptors (Lipinski definition) is 4. The highest BCUT2D eigenvalue weighted by Crippen LogP contribution is 2.32. The molecule has 0 aromatic heterocycles. The molecule has 1 heterocycles. The van der Waals surface area contributed by atoms with Crippen LogP contribution in [0.25, 0.3) is 0 Å². The number of carbonyl (C=O) groups excluding carboxylic acids is 1. The van der Waals surface area contributed by atoms with Gasteiger partial charge in [0.1, 0.15) is 5.54 Å². The Bertz CT molecular complexity index is 396. The molecule has 2 aliphatic rings. The maximum absolute atomic E-state index is 12.1. The van der Waals surface area contributed by atoms with E-state index >= 15 is 0 Å². The third-order valence-corrected chi connectivity index (χ3v) is 4.52. The van der Waals surface area contributed by atoms with Crippen molar-refractivity contribution >= 4 is 12.0 Å². The Kier molecular flexibility index (Phi) is 5.05. The van der Waals surface area contributed by atoms with Crippen molar-refractivity contribution in [2.45, 2.75) is 38.1 Å². The Labute approximate surface area is 125 Å². The second kappa shape index (κ2) is 6.62. The summed E-state index contributed by atoms with van der Waals surface area (Å²) in [6.07, 6.45) is 2.86. The van der Waals surface area contributed by atoms with E-state index in [4.69, 9.17) is 0 Å². The number of amides is 2. The Hall–Kier alpha value is -1.34. The van der Waals surface area contributed by atoms with Crippen LogP contribution in [0.15, 0.2) is 0 Å². The number of hydrogen-bond donors (Lipinski definition) is 3.